The van der Waals surface area contributed by atoms with Crippen molar-refractivity contribution >= 4 is 5.91 Å². The molecule has 0 saturated heterocycles. The van der Waals surface area contributed by atoms with Crippen LogP contribution in [0.15, 0.2) is 48.3 Å². The number of rotatable bonds is 13. The highest BCUT2D eigenvalue weighted by atomic mass is 16.3. The van der Waals surface area contributed by atoms with Crippen LogP contribution in [0.1, 0.15) is 83.6 Å². The molecule has 33 heavy (non-hydrogen) atoms. The molecule has 3 rings (SSSR count). The van der Waals surface area contributed by atoms with Gasteiger partial charge >= 0.3 is 0 Å². The summed E-state index contributed by atoms with van der Waals surface area (Å²) in [4.78, 5) is 16.1. The van der Waals surface area contributed by atoms with E-state index in [2.05, 4.69) is 35.5 Å². The number of allylic oxidation sites excluding steroid dienone is 2. The van der Waals surface area contributed by atoms with Crippen LogP contribution < -0.4 is 5.32 Å². The second kappa shape index (κ2) is 12.5. The number of nitrogens with one attached hydrogen (secondary N) is 1. The molecule has 5 heteroatoms. The van der Waals surface area contributed by atoms with Gasteiger partial charge in [-0.15, -0.1) is 0 Å². The number of fused-ring (bicyclic) bond motifs is 1. The van der Waals surface area contributed by atoms with Crippen molar-refractivity contribution in [2.75, 3.05) is 0 Å². The quantitative estimate of drug-likeness (QED) is 0.286. The van der Waals surface area contributed by atoms with Gasteiger partial charge in [0.1, 0.15) is 0 Å². The highest BCUT2D eigenvalue weighted by molar-refractivity contribution is 5.75. The Morgan fingerprint density at radius 3 is 2.82 bits per heavy atom. The van der Waals surface area contributed by atoms with Crippen LogP contribution in [-0.2, 0) is 11.3 Å². The SMILES string of the molecule is CCCC[C@](C)(O)CC=C[C@@H]1[C@H]2CC(CCCCC(=O)NCc3ccncc3)=C[C@H]2C[C@H]1O. The van der Waals surface area contributed by atoms with Gasteiger partial charge in [-0.3, -0.25) is 9.78 Å². The van der Waals surface area contributed by atoms with E-state index in [0.717, 1.165) is 56.9 Å². The average Bonchev–Trinajstić information content (AvgIpc) is 3.31. The zero-order chi connectivity index (χ0) is 23.7. The summed E-state index contributed by atoms with van der Waals surface area (Å²) in [6, 6.07) is 3.83. The highest BCUT2D eigenvalue weighted by Gasteiger charge is 2.43. The van der Waals surface area contributed by atoms with Gasteiger partial charge in [-0.05, 0) is 81.4 Å². The Bertz CT molecular complexity index is 803. The Morgan fingerprint density at radius 1 is 1.27 bits per heavy atom. The first-order valence-electron chi connectivity index (χ1n) is 12.8. The van der Waals surface area contributed by atoms with Crippen molar-refractivity contribution in [2.24, 2.45) is 17.8 Å². The first-order chi connectivity index (χ1) is 15.9. The van der Waals surface area contributed by atoms with Crippen LogP contribution in [0.5, 0.6) is 0 Å². The first-order valence-corrected chi connectivity index (χ1v) is 12.8. The number of aliphatic hydroxyl groups is 2. The number of hydrogen-bond donors (Lipinski definition) is 3. The Kier molecular flexibility index (Phi) is 9.69. The maximum absolute atomic E-state index is 12.1. The lowest BCUT2D eigenvalue weighted by atomic mass is 9.87. The maximum Gasteiger partial charge on any atom is 0.220 e. The second-order valence-corrected chi connectivity index (χ2v) is 10.3. The van der Waals surface area contributed by atoms with Gasteiger partial charge in [0, 0.05) is 31.3 Å². The van der Waals surface area contributed by atoms with E-state index >= 15 is 0 Å². The monoisotopic (exact) mass is 454 g/mol. The molecule has 182 valence electrons. The van der Waals surface area contributed by atoms with Crippen molar-refractivity contribution in [2.45, 2.75) is 96.3 Å². The van der Waals surface area contributed by atoms with E-state index in [1.807, 2.05) is 19.1 Å². The van der Waals surface area contributed by atoms with Crippen LogP contribution >= 0.6 is 0 Å². The molecule has 0 unspecified atom stereocenters. The maximum atomic E-state index is 12.1. The molecular formula is C28H42N2O3. The molecule has 1 aromatic heterocycles. The number of carbonyl (C=O) groups excluding carboxylic acids is 1. The molecule has 5 nitrogen and oxygen atoms in total. The molecule has 2 aliphatic rings. The minimum atomic E-state index is -0.654. The molecule has 0 aromatic carbocycles. The standard InChI is InChI=1S/C28H42N2O3/c1-3-4-13-28(2,33)14-7-9-24-25-18-22(17-23(25)19-26(24)31)8-5-6-10-27(32)30-20-21-11-15-29-16-12-21/h7,9,11-12,15-17,23-26,31,33H,3-6,8,10,13-14,18-20H2,1-2H3,(H,30,32)/t23-,24+,25-,26+,28-/m0/s1. The lowest BCUT2D eigenvalue weighted by Gasteiger charge is -2.22. The normalized spacial score (nSPS) is 26.2. The average molecular weight is 455 g/mol. The molecule has 0 radical (unpaired) electrons. The van der Waals surface area contributed by atoms with E-state index in [4.69, 9.17) is 0 Å². The third-order valence-corrected chi connectivity index (χ3v) is 7.33. The molecular weight excluding hydrogens is 412 g/mol. The van der Waals surface area contributed by atoms with Gasteiger partial charge in [0.2, 0.25) is 5.91 Å². The number of unbranched alkanes of at least 4 members (excludes halogenated alkanes) is 2. The van der Waals surface area contributed by atoms with Crippen LogP contribution in [0.2, 0.25) is 0 Å². The summed E-state index contributed by atoms with van der Waals surface area (Å²) in [7, 11) is 0. The van der Waals surface area contributed by atoms with Crippen LogP contribution in [0.25, 0.3) is 0 Å². The van der Waals surface area contributed by atoms with Crippen molar-refractivity contribution in [3.63, 3.8) is 0 Å². The van der Waals surface area contributed by atoms with Crippen molar-refractivity contribution < 1.29 is 15.0 Å². The molecule has 0 aliphatic heterocycles. The van der Waals surface area contributed by atoms with Gasteiger partial charge in [-0.1, -0.05) is 43.6 Å². The van der Waals surface area contributed by atoms with Gasteiger partial charge < -0.3 is 15.5 Å². The molecule has 5 atom stereocenters. The third kappa shape index (κ3) is 8.08. The minimum absolute atomic E-state index is 0.104. The second-order valence-electron chi connectivity index (χ2n) is 10.3. The van der Waals surface area contributed by atoms with Crippen LogP contribution in [-0.4, -0.2) is 32.8 Å². The van der Waals surface area contributed by atoms with Crippen molar-refractivity contribution in [3.05, 3.63) is 53.9 Å². The molecule has 1 heterocycles. The Hall–Kier alpha value is -1.98. The molecule has 0 bridgehead atoms. The topological polar surface area (TPSA) is 82.5 Å². The predicted molar refractivity (Wildman–Crippen MR) is 132 cm³/mol. The lowest BCUT2D eigenvalue weighted by Crippen LogP contribution is -2.23. The fraction of sp³-hybridized carbons (Fsp3) is 0.643. The van der Waals surface area contributed by atoms with E-state index in [1.54, 1.807) is 12.4 Å². The Morgan fingerprint density at radius 2 is 2.06 bits per heavy atom. The smallest absolute Gasteiger partial charge is 0.220 e. The number of hydrogen-bond acceptors (Lipinski definition) is 4. The number of nitrogens with zero attached hydrogens (tertiary/aromatic N) is 1. The summed E-state index contributed by atoms with van der Waals surface area (Å²) in [6.07, 6.45) is 18.9. The van der Waals surface area contributed by atoms with Gasteiger partial charge in [-0.2, -0.15) is 0 Å². The zero-order valence-electron chi connectivity index (χ0n) is 20.4. The summed E-state index contributed by atoms with van der Waals surface area (Å²) in [5.41, 5.74) is 1.90. The van der Waals surface area contributed by atoms with Gasteiger partial charge in [0.05, 0.1) is 11.7 Å². The summed E-state index contributed by atoms with van der Waals surface area (Å²) in [6.45, 7) is 4.61. The van der Waals surface area contributed by atoms with E-state index in [0.29, 0.717) is 31.2 Å². The third-order valence-electron chi connectivity index (χ3n) is 7.33. The van der Waals surface area contributed by atoms with Gasteiger partial charge in [-0.25, -0.2) is 0 Å². The first kappa shape index (κ1) is 25.6. The Balaban J connectivity index is 1.36. The summed E-state index contributed by atoms with van der Waals surface area (Å²) in [5, 5.41) is 24.1. The summed E-state index contributed by atoms with van der Waals surface area (Å²) in [5.74, 6) is 1.24. The Labute approximate surface area is 199 Å². The molecule has 2 aliphatic carbocycles. The molecule has 1 aromatic rings. The van der Waals surface area contributed by atoms with Crippen LogP contribution in [0.4, 0.5) is 0 Å². The van der Waals surface area contributed by atoms with E-state index in [9.17, 15) is 15.0 Å². The molecule has 0 spiro atoms. The zero-order valence-corrected chi connectivity index (χ0v) is 20.4. The number of pyridine rings is 1. The number of amides is 1. The highest BCUT2D eigenvalue weighted by Crippen LogP contribution is 2.48. The van der Waals surface area contributed by atoms with Crippen LogP contribution in [0, 0.1) is 17.8 Å². The molecule has 3 N–H and O–H groups in total. The number of carbonyl (C=O) groups is 1. The van der Waals surface area contributed by atoms with E-state index in [-0.39, 0.29) is 17.9 Å². The number of aromatic nitrogens is 1. The summed E-state index contributed by atoms with van der Waals surface area (Å²) < 4.78 is 0. The predicted octanol–water partition coefficient (Wildman–Crippen LogP) is 5.09. The van der Waals surface area contributed by atoms with Crippen molar-refractivity contribution in [1.82, 2.24) is 10.3 Å². The fourth-order valence-corrected chi connectivity index (χ4v) is 5.36. The van der Waals surface area contributed by atoms with Crippen LogP contribution in [0.3, 0.4) is 0 Å². The fourth-order valence-electron chi connectivity index (χ4n) is 5.36. The lowest BCUT2D eigenvalue weighted by molar-refractivity contribution is -0.121. The van der Waals surface area contributed by atoms with Gasteiger partial charge in [0.25, 0.3) is 0 Å². The van der Waals surface area contributed by atoms with Crippen molar-refractivity contribution in [3.8, 4) is 0 Å². The minimum Gasteiger partial charge on any atom is -0.392 e. The summed E-state index contributed by atoms with van der Waals surface area (Å²) >= 11 is 0. The molecule has 1 fully saturated rings. The van der Waals surface area contributed by atoms with E-state index < -0.39 is 5.60 Å². The van der Waals surface area contributed by atoms with Crippen molar-refractivity contribution in [1.29, 1.82) is 0 Å². The molecule has 1 amide bonds. The van der Waals surface area contributed by atoms with Gasteiger partial charge in [0.15, 0.2) is 0 Å². The number of aliphatic hydroxyl groups excluding tert-OH is 1. The van der Waals surface area contributed by atoms with E-state index in [1.165, 1.54) is 5.57 Å². The largest absolute Gasteiger partial charge is 0.392 e. The molecule has 1 saturated carbocycles.